The van der Waals surface area contributed by atoms with Gasteiger partial charge in [-0.2, -0.15) is 0 Å². The van der Waals surface area contributed by atoms with Gasteiger partial charge >= 0.3 is 0 Å². The van der Waals surface area contributed by atoms with Gasteiger partial charge in [-0.05, 0) is 5.56 Å². The molecule has 0 spiro atoms. The van der Waals surface area contributed by atoms with E-state index in [1.54, 1.807) is 5.19 Å². The highest BCUT2D eigenvalue weighted by Gasteiger charge is 1.88. The average Bonchev–Trinajstić information content (AvgIpc) is 2.15. The van der Waals surface area contributed by atoms with E-state index in [4.69, 9.17) is 0 Å². The summed E-state index contributed by atoms with van der Waals surface area (Å²) in [6.07, 6.45) is 2.24. The Morgan fingerprint density at radius 3 is 2.25 bits per heavy atom. The fraction of sp³-hybridized carbons (Fsp3) is 0.200. The monoisotopic (exact) mass is 192 g/mol. The third kappa shape index (κ3) is 2.79. The van der Waals surface area contributed by atoms with Crippen LogP contribution in [0.4, 0.5) is 0 Å². The molecule has 0 aliphatic rings. The molecular formula is C10H16Si2. The van der Waals surface area contributed by atoms with Crippen molar-refractivity contribution in [3.05, 3.63) is 35.5 Å². The summed E-state index contributed by atoms with van der Waals surface area (Å²) in [5, 5.41) is 1.56. The van der Waals surface area contributed by atoms with E-state index in [1.165, 1.54) is 5.56 Å². The predicted molar refractivity (Wildman–Crippen MR) is 63.9 cm³/mol. The third-order valence-electron chi connectivity index (χ3n) is 1.93. The van der Waals surface area contributed by atoms with Gasteiger partial charge in [-0.25, -0.2) is 0 Å². The minimum absolute atomic E-state index is 0.0407. The Morgan fingerprint density at radius 1 is 1.08 bits per heavy atom. The van der Waals surface area contributed by atoms with E-state index < -0.39 is 0 Å². The molecule has 1 rings (SSSR count). The summed E-state index contributed by atoms with van der Waals surface area (Å²) in [6.45, 7) is 4.62. The third-order valence-corrected chi connectivity index (χ3v) is 3.93. The molecule has 0 nitrogen and oxygen atoms in total. The fourth-order valence-corrected chi connectivity index (χ4v) is 2.33. The van der Waals surface area contributed by atoms with Crippen molar-refractivity contribution in [1.82, 2.24) is 0 Å². The quantitative estimate of drug-likeness (QED) is 0.619. The molecular weight excluding hydrogens is 176 g/mol. The van der Waals surface area contributed by atoms with Gasteiger partial charge in [-0.3, -0.25) is 0 Å². The Labute approximate surface area is 79.4 Å². The van der Waals surface area contributed by atoms with Crippen molar-refractivity contribution < 1.29 is 0 Å². The van der Waals surface area contributed by atoms with Crippen LogP contribution < -0.4 is 5.19 Å². The molecule has 0 radical (unpaired) electrons. The van der Waals surface area contributed by atoms with E-state index in [-0.39, 0.29) is 19.0 Å². The largest absolute Gasteiger partial charge is 0.101 e. The maximum atomic E-state index is 2.33. The van der Waals surface area contributed by atoms with Crippen LogP contribution in [0.3, 0.4) is 0 Å². The van der Waals surface area contributed by atoms with Crippen LogP contribution in [0.15, 0.2) is 30.0 Å². The van der Waals surface area contributed by atoms with Gasteiger partial charge in [0.05, 0.1) is 9.52 Å². The van der Waals surface area contributed by atoms with E-state index in [0.29, 0.717) is 0 Å². The Bertz CT molecular complexity index is 249. The summed E-state index contributed by atoms with van der Waals surface area (Å²) in [4.78, 5) is 0. The molecule has 0 atom stereocenters. The van der Waals surface area contributed by atoms with Crippen molar-refractivity contribution in [1.29, 1.82) is 0 Å². The van der Waals surface area contributed by atoms with Crippen LogP contribution in [-0.4, -0.2) is 19.0 Å². The zero-order valence-corrected chi connectivity index (χ0v) is 10.7. The molecule has 0 aliphatic heterocycles. The van der Waals surface area contributed by atoms with Crippen LogP contribution in [0.1, 0.15) is 5.56 Å². The lowest BCUT2D eigenvalue weighted by atomic mass is 10.2. The zero-order valence-electron chi connectivity index (χ0n) is 7.88. The molecule has 12 heavy (non-hydrogen) atoms. The van der Waals surface area contributed by atoms with Crippen LogP contribution in [0.25, 0.3) is 6.08 Å². The van der Waals surface area contributed by atoms with Crippen molar-refractivity contribution in [2.45, 2.75) is 13.1 Å². The van der Waals surface area contributed by atoms with Crippen LogP contribution >= 0.6 is 0 Å². The second-order valence-electron chi connectivity index (χ2n) is 2.91. The average molecular weight is 192 g/mol. The molecule has 64 valence electrons. The van der Waals surface area contributed by atoms with Crippen molar-refractivity contribution >= 4 is 30.3 Å². The van der Waals surface area contributed by atoms with Gasteiger partial charge < -0.3 is 0 Å². The Hall–Kier alpha value is -0.606. The predicted octanol–water partition coefficient (Wildman–Crippen LogP) is 0.716. The minimum atomic E-state index is 0.0407. The first-order valence-corrected chi connectivity index (χ1v) is 8.97. The molecule has 0 amide bonds. The normalized spacial score (nSPS) is 12.8. The smallest absolute Gasteiger partial charge is 0.0517 e. The molecule has 0 unspecified atom stereocenters. The van der Waals surface area contributed by atoms with Crippen LogP contribution in [0, 0.1) is 0 Å². The van der Waals surface area contributed by atoms with Gasteiger partial charge in [-0.1, -0.05) is 48.6 Å². The van der Waals surface area contributed by atoms with Gasteiger partial charge in [0, 0.05) is 9.52 Å². The summed E-state index contributed by atoms with van der Waals surface area (Å²) in [5.41, 5.74) is 3.69. The van der Waals surface area contributed by atoms with Crippen molar-refractivity contribution in [2.24, 2.45) is 0 Å². The molecule has 0 heterocycles. The van der Waals surface area contributed by atoms with E-state index in [0.717, 1.165) is 0 Å². The zero-order chi connectivity index (χ0) is 8.81. The first-order chi connectivity index (χ1) is 5.86. The van der Waals surface area contributed by atoms with E-state index in [9.17, 15) is 0 Å². The molecule has 1 aromatic rings. The summed E-state index contributed by atoms with van der Waals surface area (Å²) >= 11 is 0. The Balaban J connectivity index is 2.71. The molecule has 1 aromatic carbocycles. The first kappa shape index (κ1) is 9.48. The molecule has 2 heteroatoms. The number of rotatable bonds is 3. The van der Waals surface area contributed by atoms with E-state index in [1.807, 2.05) is 0 Å². The first-order valence-electron chi connectivity index (χ1n) is 4.62. The van der Waals surface area contributed by atoms with Crippen LogP contribution in [-0.2, 0) is 0 Å². The summed E-state index contributed by atoms with van der Waals surface area (Å²) in [5.74, 6) is 0. The van der Waals surface area contributed by atoms with Crippen LogP contribution in [0.2, 0.25) is 13.1 Å². The Kier molecular flexibility index (Phi) is 4.04. The maximum absolute atomic E-state index is 2.33. The van der Waals surface area contributed by atoms with Gasteiger partial charge in [0.2, 0.25) is 0 Å². The van der Waals surface area contributed by atoms with Gasteiger partial charge in [0.1, 0.15) is 0 Å². The summed E-state index contributed by atoms with van der Waals surface area (Å²) < 4.78 is 0. The Morgan fingerprint density at radius 2 is 1.75 bits per heavy atom. The number of hydrogen-bond donors (Lipinski definition) is 0. The number of hydrogen-bond acceptors (Lipinski definition) is 0. The summed E-state index contributed by atoms with van der Waals surface area (Å²) in [6, 6.07) is 8.99. The van der Waals surface area contributed by atoms with Gasteiger partial charge in [-0.15, -0.1) is 5.70 Å². The standard InChI is InChI=1S/C10H16Si2/c1-11-8-7-9-3-5-10(12-2)6-4-9/h3-8H,11-12H2,1-2H3. The highest BCUT2D eigenvalue weighted by Crippen LogP contribution is 1.98. The SMILES string of the molecule is C[SiH2]C=Cc1ccc([SiH2]C)cc1. The maximum Gasteiger partial charge on any atom is 0.0517 e. The lowest BCUT2D eigenvalue weighted by Gasteiger charge is -1.96. The van der Waals surface area contributed by atoms with Gasteiger partial charge in [0.15, 0.2) is 0 Å². The van der Waals surface area contributed by atoms with E-state index >= 15 is 0 Å². The second kappa shape index (κ2) is 5.11. The van der Waals surface area contributed by atoms with Crippen LogP contribution in [0.5, 0.6) is 0 Å². The molecule has 0 saturated carbocycles. The molecule has 0 saturated heterocycles. The van der Waals surface area contributed by atoms with Crippen molar-refractivity contribution in [2.75, 3.05) is 0 Å². The highest BCUT2D eigenvalue weighted by atomic mass is 28.2. The fourth-order valence-electron chi connectivity index (χ4n) is 1.12. The van der Waals surface area contributed by atoms with Crippen molar-refractivity contribution in [3.8, 4) is 0 Å². The molecule has 0 aromatic heterocycles. The second-order valence-corrected chi connectivity index (χ2v) is 5.72. The minimum Gasteiger partial charge on any atom is -0.101 e. The molecule has 0 bridgehead atoms. The lowest BCUT2D eigenvalue weighted by Crippen LogP contribution is -2.08. The highest BCUT2D eigenvalue weighted by molar-refractivity contribution is 6.51. The lowest BCUT2D eigenvalue weighted by molar-refractivity contribution is 1.70. The van der Waals surface area contributed by atoms with Gasteiger partial charge in [0.25, 0.3) is 0 Å². The molecule has 0 N–H and O–H groups in total. The van der Waals surface area contributed by atoms with E-state index in [2.05, 4.69) is 49.1 Å². The topological polar surface area (TPSA) is 0 Å². The summed E-state index contributed by atoms with van der Waals surface area (Å²) in [7, 11) is 0.124. The number of benzene rings is 1. The molecule has 0 fully saturated rings. The van der Waals surface area contributed by atoms with Crippen molar-refractivity contribution in [3.63, 3.8) is 0 Å². The molecule has 0 aliphatic carbocycles.